The number of halogens is 2. The highest BCUT2D eigenvalue weighted by Gasteiger charge is 2.22. The van der Waals surface area contributed by atoms with Gasteiger partial charge in [-0.25, -0.2) is 0 Å². The van der Waals surface area contributed by atoms with Gasteiger partial charge in [-0.1, -0.05) is 25.4 Å². The van der Waals surface area contributed by atoms with Crippen LogP contribution in [0.4, 0.5) is 0 Å². The molecule has 0 radical (unpaired) electrons. The first-order valence-corrected chi connectivity index (χ1v) is 7.30. The maximum Gasteiger partial charge on any atom is 0.252 e. The largest absolute Gasteiger partial charge is 0.393 e. The van der Waals surface area contributed by atoms with E-state index in [9.17, 15) is 9.90 Å². The number of aliphatic hydroxyl groups is 1. The standard InChI is InChI=1S/C14H19BrClNO2/c1-9(18)7-14(2,3)8-17-13(19)11-6-10(16)4-5-12(11)15/h4-6,9,18H,7-8H2,1-3H3,(H,17,19). The molecular formula is C14H19BrClNO2. The van der Waals surface area contributed by atoms with Crippen molar-refractivity contribution < 1.29 is 9.90 Å². The maximum absolute atomic E-state index is 12.1. The summed E-state index contributed by atoms with van der Waals surface area (Å²) in [6.07, 6.45) is 0.245. The molecule has 0 aliphatic rings. The van der Waals surface area contributed by atoms with Crippen LogP contribution in [0.15, 0.2) is 22.7 Å². The summed E-state index contributed by atoms with van der Waals surface area (Å²) in [5.41, 5.74) is 0.356. The normalized spacial score (nSPS) is 13.2. The molecule has 0 spiro atoms. The molecule has 3 nitrogen and oxygen atoms in total. The molecule has 0 aliphatic carbocycles. The van der Waals surface area contributed by atoms with Crippen molar-refractivity contribution in [1.29, 1.82) is 0 Å². The number of hydrogen-bond donors (Lipinski definition) is 2. The smallest absolute Gasteiger partial charge is 0.252 e. The summed E-state index contributed by atoms with van der Waals surface area (Å²) in [5, 5.41) is 12.8. The monoisotopic (exact) mass is 347 g/mol. The topological polar surface area (TPSA) is 49.3 Å². The van der Waals surface area contributed by atoms with Gasteiger partial charge in [0.15, 0.2) is 0 Å². The zero-order valence-electron chi connectivity index (χ0n) is 11.3. The van der Waals surface area contributed by atoms with Crippen molar-refractivity contribution in [3.05, 3.63) is 33.3 Å². The van der Waals surface area contributed by atoms with E-state index in [1.54, 1.807) is 25.1 Å². The molecule has 0 heterocycles. The summed E-state index contributed by atoms with van der Waals surface area (Å²) in [7, 11) is 0. The van der Waals surface area contributed by atoms with E-state index in [2.05, 4.69) is 21.2 Å². The quantitative estimate of drug-likeness (QED) is 0.853. The van der Waals surface area contributed by atoms with Crippen LogP contribution in [0.2, 0.25) is 5.02 Å². The molecular weight excluding hydrogens is 330 g/mol. The Hall–Kier alpha value is -0.580. The molecule has 5 heteroatoms. The highest BCUT2D eigenvalue weighted by atomic mass is 79.9. The zero-order chi connectivity index (χ0) is 14.6. The van der Waals surface area contributed by atoms with Crippen molar-refractivity contribution in [1.82, 2.24) is 5.32 Å². The van der Waals surface area contributed by atoms with Crippen molar-refractivity contribution in [2.24, 2.45) is 5.41 Å². The fourth-order valence-electron chi connectivity index (χ4n) is 1.96. The molecule has 1 aromatic rings. The molecule has 19 heavy (non-hydrogen) atoms. The summed E-state index contributed by atoms with van der Waals surface area (Å²) in [5.74, 6) is -0.173. The lowest BCUT2D eigenvalue weighted by atomic mass is 9.87. The summed E-state index contributed by atoms with van der Waals surface area (Å²) >= 11 is 9.22. The van der Waals surface area contributed by atoms with Crippen LogP contribution in [0.25, 0.3) is 0 Å². The fourth-order valence-corrected chi connectivity index (χ4v) is 2.56. The number of benzene rings is 1. The minimum atomic E-state index is -0.384. The Kier molecular flexibility index (Phi) is 5.83. The molecule has 1 rings (SSSR count). The third-order valence-corrected chi connectivity index (χ3v) is 3.68. The van der Waals surface area contributed by atoms with E-state index in [1.807, 2.05) is 13.8 Å². The third-order valence-electron chi connectivity index (χ3n) is 2.75. The molecule has 0 saturated heterocycles. The minimum Gasteiger partial charge on any atom is -0.393 e. The number of aliphatic hydroxyl groups excluding tert-OH is 1. The first-order valence-electron chi connectivity index (χ1n) is 6.12. The van der Waals surface area contributed by atoms with Gasteiger partial charge in [0.2, 0.25) is 0 Å². The van der Waals surface area contributed by atoms with E-state index < -0.39 is 0 Å². The van der Waals surface area contributed by atoms with Gasteiger partial charge in [0.05, 0.1) is 11.7 Å². The first kappa shape index (κ1) is 16.5. The van der Waals surface area contributed by atoms with E-state index in [0.717, 1.165) is 0 Å². The predicted octanol–water partition coefficient (Wildman–Crippen LogP) is 3.63. The Labute approximate surface area is 127 Å². The van der Waals surface area contributed by atoms with Gasteiger partial charge in [-0.15, -0.1) is 0 Å². The molecule has 2 N–H and O–H groups in total. The summed E-state index contributed by atoms with van der Waals surface area (Å²) in [6, 6.07) is 5.10. The molecule has 0 saturated carbocycles. The third kappa shape index (κ3) is 5.51. The lowest BCUT2D eigenvalue weighted by molar-refractivity contribution is 0.0901. The van der Waals surface area contributed by atoms with Gasteiger partial charge in [0.1, 0.15) is 0 Å². The number of carbonyl (C=O) groups is 1. The van der Waals surface area contributed by atoms with Crippen LogP contribution in [-0.2, 0) is 0 Å². The van der Waals surface area contributed by atoms with Crippen LogP contribution in [-0.4, -0.2) is 23.7 Å². The average Bonchev–Trinajstić information content (AvgIpc) is 2.27. The number of rotatable bonds is 5. The van der Waals surface area contributed by atoms with E-state index in [-0.39, 0.29) is 17.4 Å². The lowest BCUT2D eigenvalue weighted by Crippen LogP contribution is -2.35. The maximum atomic E-state index is 12.1. The first-order chi connectivity index (χ1) is 8.71. The Morgan fingerprint density at radius 3 is 2.74 bits per heavy atom. The molecule has 1 unspecified atom stereocenters. The van der Waals surface area contributed by atoms with Crippen LogP contribution in [0.5, 0.6) is 0 Å². The number of hydrogen-bond acceptors (Lipinski definition) is 2. The Balaban J connectivity index is 2.68. The molecule has 0 fully saturated rings. The van der Waals surface area contributed by atoms with E-state index >= 15 is 0 Å². The zero-order valence-corrected chi connectivity index (χ0v) is 13.7. The van der Waals surface area contributed by atoms with Crippen LogP contribution in [0.3, 0.4) is 0 Å². The second-order valence-corrected chi connectivity index (χ2v) is 6.81. The van der Waals surface area contributed by atoms with Crippen molar-refractivity contribution in [2.75, 3.05) is 6.54 Å². The highest BCUT2D eigenvalue weighted by Crippen LogP contribution is 2.23. The van der Waals surface area contributed by atoms with E-state index in [0.29, 0.717) is 28.0 Å². The van der Waals surface area contributed by atoms with Crippen LogP contribution in [0, 0.1) is 5.41 Å². The molecule has 1 aromatic carbocycles. The van der Waals surface area contributed by atoms with Crippen molar-refractivity contribution >= 4 is 33.4 Å². The van der Waals surface area contributed by atoms with Crippen molar-refractivity contribution in [3.8, 4) is 0 Å². The molecule has 0 bridgehead atoms. The second-order valence-electron chi connectivity index (χ2n) is 5.52. The van der Waals surface area contributed by atoms with Gasteiger partial charge < -0.3 is 10.4 Å². The van der Waals surface area contributed by atoms with E-state index in [1.165, 1.54) is 0 Å². The summed E-state index contributed by atoms with van der Waals surface area (Å²) < 4.78 is 0.711. The van der Waals surface area contributed by atoms with Gasteiger partial charge in [0, 0.05) is 16.0 Å². The van der Waals surface area contributed by atoms with Crippen LogP contribution >= 0.6 is 27.5 Å². The molecule has 0 aliphatic heterocycles. The van der Waals surface area contributed by atoms with Gasteiger partial charge in [0.25, 0.3) is 5.91 Å². The predicted molar refractivity (Wildman–Crippen MR) is 81.6 cm³/mol. The molecule has 1 amide bonds. The Morgan fingerprint density at radius 1 is 1.53 bits per heavy atom. The fraction of sp³-hybridized carbons (Fsp3) is 0.500. The Morgan fingerprint density at radius 2 is 2.16 bits per heavy atom. The van der Waals surface area contributed by atoms with Crippen LogP contribution in [0.1, 0.15) is 37.6 Å². The van der Waals surface area contributed by atoms with Crippen LogP contribution < -0.4 is 5.32 Å². The SMILES string of the molecule is CC(O)CC(C)(C)CNC(=O)c1cc(Cl)ccc1Br. The van der Waals surface area contributed by atoms with Gasteiger partial charge in [-0.3, -0.25) is 4.79 Å². The summed E-state index contributed by atoms with van der Waals surface area (Å²) in [4.78, 5) is 12.1. The molecule has 106 valence electrons. The van der Waals surface area contributed by atoms with Crippen molar-refractivity contribution in [3.63, 3.8) is 0 Å². The number of nitrogens with one attached hydrogen (secondary N) is 1. The average molecular weight is 349 g/mol. The number of amides is 1. The second kappa shape index (κ2) is 6.73. The van der Waals surface area contributed by atoms with Crippen molar-refractivity contribution in [2.45, 2.75) is 33.3 Å². The molecule has 1 atom stereocenters. The highest BCUT2D eigenvalue weighted by molar-refractivity contribution is 9.10. The van der Waals surface area contributed by atoms with Gasteiger partial charge >= 0.3 is 0 Å². The van der Waals surface area contributed by atoms with Gasteiger partial charge in [-0.05, 0) is 52.9 Å². The summed E-state index contributed by atoms with van der Waals surface area (Å²) in [6.45, 7) is 6.26. The van der Waals surface area contributed by atoms with E-state index in [4.69, 9.17) is 11.6 Å². The lowest BCUT2D eigenvalue weighted by Gasteiger charge is -2.26. The van der Waals surface area contributed by atoms with Gasteiger partial charge in [-0.2, -0.15) is 0 Å². The number of carbonyl (C=O) groups excluding carboxylic acids is 1. The minimum absolute atomic E-state index is 0.158. The Bertz CT molecular complexity index is 461. The molecule has 0 aromatic heterocycles.